The number of fused-ring (bicyclic) bond motifs is 1. The predicted molar refractivity (Wildman–Crippen MR) is 66.2 cm³/mol. The molecule has 0 saturated carbocycles. The molecule has 0 aliphatic carbocycles. The molecule has 1 aromatic carbocycles. The van der Waals surface area contributed by atoms with Gasteiger partial charge in [-0.25, -0.2) is 9.67 Å². The molecule has 0 spiro atoms. The first-order chi connectivity index (χ1) is 8.78. The molecule has 0 amide bonds. The van der Waals surface area contributed by atoms with Crippen LogP contribution in [0.1, 0.15) is 24.8 Å². The van der Waals surface area contributed by atoms with Gasteiger partial charge in [-0.15, -0.1) is 0 Å². The van der Waals surface area contributed by atoms with E-state index >= 15 is 0 Å². The van der Waals surface area contributed by atoms with Gasteiger partial charge in [0.2, 0.25) is 0 Å². The summed E-state index contributed by atoms with van der Waals surface area (Å²) >= 11 is 0. The van der Waals surface area contributed by atoms with Gasteiger partial charge in [-0.3, -0.25) is 0 Å². The van der Waals surface area contributed by atoms with Crippen molar-refractivity contribution in [3.05, 3.63) is 30.1 Å². The van der Waals surface area contributed by atoms with E-state index in [0.717, 1.165) is 30.7 Å². The average Bonchev–Trinajstić information content (AvgIpc) is 2.84. The van der Waals surface area contributed by atoms with Crippen molar-refractivity contribution in [1.82, 2.24) is 14.8 Å². The number of hydrogen-bond acceptors (Lipinski definition) is 4. The van der Waals surface area contributed by atoms with Gasteiger partial charge in [-0.05, 0) is 25.0 Å². The maximum absolute atomic E-state index is 9.87. The number of hydrogen-bond donors (Lipinski definition) is 1. The molecule has 1 aromatic heterocycles. The highest BCUT2D eigenvalue weighted by Gasteiger charge is 2.22. The van der Waals surface area contributed by atoms with Crippen LogP contribution < -0.4 is 4.74 Å². The van der Waals surface area contributed by atoms with Crippen molar-refractivity contribution in [2.75, 3.05) is 7.11 Å². The Morgan fingerprint density at radius 1 is 1.44 bits per heavy atom. The first kappa shape index (κ1) is 11.2. The second-order valence-electron chi connectivity index (χ2n) is 4.41. The van der Waals surface area contributed by atoms with Gasteiger partial charge >= 0.3 is 0 Å². The molecule has 1 aliphatic rings. The van der Waals surface area contributed by atoms with E-state index in [1.165, 1.54) is 0 Å². The first-order valence-electron chi connectivity index (χ1n) is 6.05. The van der Waals surface area contributed by atoms with Crippen molar-refractivity contribution in [3.8, 4) is 17.1 Å². The number of aliphatic hydroxyl groups excluding tert-OH is 1. The fraction of sp³-hybridized carbons (Fsp3) is 0.385. The molecule has 1 N–H and O–H groups in total. The summed E-state index contributed by atoms with van der Waals surface area (Å²) in [5.41, 5.74) is 0.906. The summed E-state index contributed by atoms with van der Waals surface area (Å²) < 4.78 is 6.98. The monoisotopic (exact) mass is 245 g/mol. The molecule has 0 fully saturated rings. The molecule has 1 aliphatic heterocycles. The lowest BCUT2D eigenvalue weighted by Crippen LogP contribution is -2.16. The van der Waals surface area contributed by atoms with Crippen LogP contribution in [0.25, 0.3) is 11.4 Å². The standard InChI is InChI=1S/C13H15N3O2/c1-18-10-5-2-4-9(8-10)12-14-13-11(17)6-3-7-16(13)15-12/h2,4-5,8,11,17H,3,6-7H2,1H3. The summed E-state index contributed by atoms with van der Waals surface area (Å²) in [6, 6.07) is 7.63. The molecular weight excluding hydrogens is 230 g/mol. The van der Waals surface area contributed by atoms with E-state index in [1.807, 2.05) is 24.3 Å². The van der Waals surface area contributed by atoms with Crippen molar-refractivity contribution in [2.24, 2.45) is 0 Å². The maximum atomic E-state index is 9.87. The Balaban J connectivity index is 2.01. The Morgan fingerprint density at radius 3 is 3.11 bits per heavy atom. The Hall–Kier alpha value is -1.88. The van der Waals surface area contributed by atoms with E-state index < -0.39 is 6.10 Å². The summed E-state index contributed by atoms with van der Waals surface area (Å²) in [5, 5.41) is 14.3. The SMILES string of the molecule is COc1cccc(-c2nc3n(n2)CCCC3O)c1. The van der Waals surface area contributed by atoms with Crippen LogP contribution in [-0.4, -0.2) is 27.0 Å². The van der Waals surface area contributed by atoms with Gasteiger partial charge < -0.3 is 9.84 Å². The molecular formula is C13H15N3O2. The molecule has 5 nitrogen and oxygen atoms in total. The largest absolute Gasteiger partial charge is 0.497 e. The summed E-state index contributed by atoms with van der Waals surface area (Å²) in [5.74, 6) is 2.09. The topological polar surface area (TPSA) is 60.2 Å². The van der Waals surface area contributed by atoms with Gasteiger partial charge in [0, 0.05) is 12.1 Å². The molecule has 2 heterocycles. The van der Waals surface area contributed by atoms with Crippen LogP contribution >= 0.6 is 0 Å². The van der Waals surface area contributed by atoms with E-state index in [0.29, 0.717) is 11.6 Å². The van der Waals surface area contributed by atoms with Crippen LogP contribution in [0.4, 0.5) is 0 Å². The fourth-order valence-corrected chi connectivity index (χ4v) is 2.21. The lowest BCUT2D eigenvalue weighted by molar-refractivity contribution is 0.130. The lowest BCUT2D eigenvalue weighted by Gasteiger charge is -2.16. The molecule has 1 atom stereocenters. The van der Waals surface area contributed by atoms with Crippen LogP contribution in [0.3, 0.4) is 0 Å². The zero-order chi connectivity index (χ0) is 12.5. The number of aryl methyl sites for hydroxylation is 1. The normalized spacial score (nSPS) is 18.4. The van der Waals surface area contributed by atoms with Crippen LogP contribution in [0.2, 0.25) is 0 Å². The third kappa shape index (κ3) is 1.86. The quantitative estimate of drug-likeness (QED) is 0.876. The summed E-state index contributed by atoms with van der Waals surface area (Å²) in [4.78, 5) is 4.42. The Bertz CT molecular complexity index is 565. The van der Waals surface area contributed by atoms with E-state index in [1.54, 1.807) is 11.8 Å². The number of nitrogens with zero attached hydrogens (tertiary/aromatic N) is 3. The Morgan fingerprint density at radius 2 is 2.33 bits per heavy atom. The molecule has 0 bridgehead atoms. The Labute approximate surface area is 105 Å². The van der Waals surface area contributed by atoms with Gasteiger partial charge in [0.1, 0.15) is 11.9 Å². The molecule has 0 saturated heterocycles. The first-order valence-corrected chi connectivity index (χ1v) is 6.05. The van der Waals surface area contributed by atoms with Crippen molar-refractivity contribution >= 4 is 0 Å². The third-order valence-electron chi connectivity index (χ3n) is 3.17. The number of aliphatic hydroxyl groups is 1. The number of benzene rings is 1. The smallest absolute Gasteiger partial charge is 0.181 e. The lowest BCUT2D eigenvalue weighted by atomic mass is 10.1. The second-order valence-corrected chi connectivity index (χ2v) is 4.41. The van der Waals surface area contributed by atoms with Crippen LogP contribution in [0.5, 0.6) is 5.75 Å². The minimum absolute atomic E-state index is 0.495. The third-order valence-corrected chi connectivity index (χ3v) is 3.17. The Kier molecular flexibility index (Phi) is 2.76. The van der Waals surface area contributed by atoms with Crippen LogP contribution in [0.15, 0.2) is 24.3 Å². The highest BCUT2D eigenvalue weighted by atomic mass is 16.5. The maximum Gasteiger partial charge on any atom is 0.181 e. The molecule has 0 radical (unpaired) electrons. The molecule has 5 heteroatoms. The summed E-state index contributed by atoms with van der Waals surface area (Å²) in [6.07, 6.45) is 1.20. The van der Waals surface area contributed by atoms with Gasteiger partial charge in [0.25, 0.3) is 0 Å². The van der Waals surface area contributed by atoms with Crippen LogP contribution in [0, 0.1) is 0 Å². The number of aromatic nitrogens is 3. The van der Waals surface area contributed by atoms with E-state index in [2.05, 4.69) is 10.1 Å². The van der Waals surface area contributed by atoms with Gasteiger partial charge in [-0.2, -0.15) is 5.10 Å². The minimum Gasteiger partial charge on any atom is -0.497 e. The predicted octanol–water partition coefficient (Wildman–Crippen LogP) is 1.78. The van der Waals surface area contributed by atoms with E-state index in [-0.39, 0.29) is 0 Å². The van der Waals surface area contributed by atoms with Gasteiger partial charge in [0.05, 0.1) is 7.11 Å². The summed E-state index contributed by atoms with van der Waals surface area (Å²) in [7, 11) is 1.63. The molecule has 3 rings (SSSR count). The highest BCUT2D eigenvalue weighted by molar-refractivity contribution is 5.57. The van der Waals surface area contributed by atoms with E-state index in [9.17, 15) is 5.11 Å². The molecule has 18 heavy (non-hydrogen) atoms. The van der Waals surface area contributed by atoms with Crippen molar-refractivity contribution in [1.29, 1.82) is 0 Å². The van der Waals surface area contributed by atoms with Crippen molar-refractivity contribution in [2.45, 2.75) is 25.5 Å². The van der Waals surface area contributed by atoms with Crippen molar-refractivity contribution in [3.63, 3.8) is 0 Å². The average molecular weight is 245 g/mol. The second kappa shape index (κ2) is 4.42. The minimum atomic E-state index is -0.495. The molecule has 94 valence electrons. The fourth-order valence-electron chi connectivity index (χ4n) is 2.21. The van der Waals surface area contributed by atoms with Gasteiger partial charge in [0.15, 0.2) is 11.6 Å². The zero-order valence-electron chi connectivity index (χ0n) is 10.2. The van der Waals surface area contributed by atoms with Crippen LogP contribution in [-0.2, 0) is 6.54 Å². The van der Waals surface area contributed by atoms with Crippen molar-refractivity contribution < 1.29 is 9.84 Å². The van der Waals surface area contributed by atoms with E-state index in [4.69, 9.17) is 4.74 Å². The summed E-state index contributed by atoms with van der Waals surface area (Å²) in [6.45, 7) is 0.823. The number of rotatable bonds is 2. The molecule has 1 unspecified atom stereocenters. The number of ether oxygens (including phenoxy) is 1. The van der Waals surface area contributed by atoms with Gasteiger partial charge in [-0.1, -0.05) is 12.1 Å². The highest BCUT2D eigenvalue weighted by Crippen LogP contribution is 2.27. The number of methoxy groups -OCH3 is 1. The zero-order valence-corrected chi connectivity index (χ0v) is 10.2. The molecule has 2 aromatic rings.